The van der Waals surface area contributed by atoms with Crippen molar-refractivity contribution in [1.29, 1.82) is 0 Å². The van der Waals surface area contributed by atoms with Gasteiger partial charge in [0.25, 0.3) is 0 Å². The van der Waals surface area contributed by atoms with E-state index in [1.165, 1.54) is 0 Å². The van der Waals surface area contributed by atoms with Crippen molar-refractivity contribution >= 4 is 6.03 Å². The van der Waals surface area contributed by atoms with Gasteiger partial charge in [-0.15, -0.1) is 0 Å². The summed E-state index contributed by atoms with van der Waals surface area (Å²) in [4.78, 5) is 13.5. The number of ether oxygens (including phenoxy) is 1. The molecule has 0 atom stereocenters. The van der Waals surface area contributed by atoms with Gasteiger partial charge in [-0.1, -0.05) is 0 Å². The fourth-order valence-electron chi connectivity index (χ4n) is 1.18. The molecule has 0 N–H and O–H groups in total. The third-order valence-corrected chi connectivity index (χ3v) is 1.86. The van der Waals surface area contributed by atoms with E-state index in [0.717, 1.165) is 13.1 Å². The zero-order chi connectivity index (χ0) is 9.19. The Balaban J connectivity index is 2.51. The maximum Gasteiger partial charge on any atom is 0.418 e. The second kappa shape index (κ2) is 3.41. The van der Waals surface area contributed by atoms with Crippen LogP contribution in [-0.2, 0) is 4.74 Å². The van der Waals surface area contributed by atoms with Gasteiger partial charge in [-0.05, 0) is 0 Å². The lowest BCUT2D eigenvalue weighted by Crippen LogP contribution is -2.53. The molecule has 1 saturated heterocycles. The van der Waals surface area contributed by atoms with Gasteiger partial charge in [0.2, 0.25) is 0 Å². The van der Waals surface area contributed by atoms with Crippen molar-refractivity contribution in [2.24, 2.45) is 0 Å². The van der Waals surface area contributed by atoms with Gasteiger partial charge in [-0.25, -0.2) is 9.28 Å². The van der Waals surface area contributed by atoms with Crippen LogP contribution in [0.15, 0.2) is 0 Å². The number of rotatable bonds is 0. The summed E-state index contributed by atoms with van der Waals surface area (Å²) in [6.45, 7) is 2.81. The molecule has 70 valence electrons. The fraction of sp³-hybridized carbons (Fsp3) is 0.875. The van der Waals surface area contributed by atoms with Gasteiger partial charge < -0.3 is 4.74 Å². The number of carbonyl (C=O) groups excluding carboxylic acids is 1. The highest BCUT2D eigenvalue weighted by molar-refractivity contribution is 5.66. The van der Waals surface area contributed by atoms with Crippen LogP contribution < -0.4 is 0 Å². The van der Waals surface area contributed by atoms with Gasteiger partial charge in [0.15, 0.2) is 0 Å². The highest BCUT2D eigenvalue weighted by atomic mass is 16.5. The lowest BCUT2D eigenvalue weighted by Gasteiger charge is -2.31. The first kappa shape index (κ1) is 9.48. The summed E-state index contributed by atoms with van der Waals surface area (Å²) < 4.78 is 5.52. The summed E-state index contributed by atoms with van der Waals surface area (Å²) in [6, 6.07) is 0.165. The Morgan fingerprint density at radius 1 is 1.25 bits per heavy atom. The van der Waals surface area contributed by atoms with Gasteiger partial charge in [0, 0.05) is 13.1 Å². The molecule has 0 aliphatic carbocycles. The summed E-state index contributed by atoms with van der Waals surface area (Å²) >= 11 is 0. The predicted octanol–water partition coefficient (Wildman–Crippen LogP) is 0.145. The number of hydrogen-bond acceptors (Lipinski definition) is 2. The molecular formula is C8H17N2O2+. The Morgan fingerprint density at radius 2 is 1.75 bits per heavy atom. The monoisotopic (exact) mass is 173 g/mol. The van der Waals surface area contributed by atoms with Gasteiger partial charge in [0.05, 0.1) is 34.4 Å². The Hall–Kier alpha value is -0.610. The van der Waals surface area contributed by atoms with Gasteiger partial charge in [0.1, 0.15) is 0 Å². The van der Waals surface area contributed by atoms with Crippen molar-refractivity contribution in [1.82, 2.24) is 4.90 Å². The summed E-state index contributed by atoms with van der Waals surface area (Å²) in [7, 11) is 5.66. The van der Waals surface area contributed by atoms with Gasteiger partial charge in [-0.2, -0.15) is 0 Å². The Bertz CT molecular complexity index is 168. The first-order valence-electron chi connectivity index (χ1n) is 4.20. The van der Waals surface area contributed by atoms with Crippen LogP contribution >= 0.6 is 0 Å². The second-order valence-corrected chi connectivity index (χ2v) is 3.89. The van der Waals surface area contributed by atoms with E-state index >= 15 is 0 Å². The van der Waals surface area contributed by atoms with E-state index in [1.54, 1.807) is 0 Å². The van der Waals surface area contributed by atoms with Crippen LogP contribution in [0, 0.1) is 0 Å². The van der Waals surface area contributed by atoms with Crippen LogP contribution in [0.4, 0.5) is 4.79 Å². The molecule has 0 saturated carbocycles. The van der Waals surface area contributed by atoms with Crippen LogP contribution in [-0.4, -0.2) is 62.9 Å². The van der Waals surface area contributed by atoms with Crippen LogP contribution in [0.1, 0.15) is 0 Å². The SMILES string of the molecule is C[N+](C)(C)C(=O)N1CCOCC1. The lowest BCUT2D eigenvalue weighted by molar-refractivity contribution is -0.791. The molecule has 12 heavy (non-hydrogen) atoms. The smallest absolute Gasteiger partial charge is 0.378 e. The number of quaternary nitrogens is 1. The van der Waals surface area contributed by atoms with Crippen molar-refractivity contribution < 1.29 is 14.0 Å². The van der Waals surface area contributed by atoms with E-state index in [2.05, 4.69) is 0 Å². The lowest BCUT2D eigenvalue weighted by atomic mass is 10.4. The van der Waals surface area contributed by atoms with Crippen molar-refractivity contribution in [3.8, 4) is 0 Å². The molecule has 4 heteroatoms. The molecule has 4 nitrogen and oxygen atoms in total. The zero-order valence-electron chi connectivity index (χ0n) is 8.04. The number of hydrogen-bond donors (Lipinski definition) is 0. The molecule has 1 heterocycles. The molecule has 0 radical (unpaired) electrons. The second-order valence-electron chi connectivity index (χ2n) is 3.89. The average molecular weight is 173 g/mol. The quantitative estimate of drug-likeness (QED) is 0.488. The molecule has 1 rings (SSSR count). The maximum atomic E-state index is 11.7. The van der Waals surface area contributed by atoms with Crippen molar-refractivity contribution in [2.45, 2.75) is 0 Å². The average Bonchev–Trinajstić information content (AvgIpc) is 2.03. The minimum atomic E-state index is 0.165. The molecule has 1 aliphatic rings. The Labute approximate surface area is 73.3 Å². The predicted molar refractivity (Wildman–Crippen MR) is 45.8 cm³/mol. The molecule has 0 spiro atoms. The maximum absolute atomic E-state index is 11.7. The molecule has 0 aromatic rings. The summed E-state index contributed by atoms with van der Waals surface area (Å²) in [5.41, 5.74) is 0. The standard InChI is InChI=1S/C8H17N2O2/c1-10(2,3)8(11)9-4-6-12-7-5-9/h4-7H2,1-3H3/q+1. The first-order chi connectivity index (χ1) is 5.52. The molecular weight excluding hydrogens is 156 g/mol. The molecule has 1 aliphatic heterocycles. The molecule has 0 aromatic heterocycles. The molecule has 1 fully saturated rings. The number of amides is 2. The van der Waals surface area contributed by atoms with E-state index in [-0.39, 0.29) is 6.03 Å². The van der Waals surface area contributed by atoms with Crippen molar-refractivity contribution in [3.05, 3.63) is 0 Å². The van der Waals surface area contributed by atoms with Crippen molar-refractivity contribution in [3.63, 3.8) is 0 Å². The van der Waals surface area contributed by atoms with Crippen LogP contribution in [0.5, 0.6) is 0 Å². The highest BCUT2D eigenvalue weighted by Gasteiger charge is 2.28. The van der Waals surface area contributed by atoms with E-state index in [1.807, 2.05) is 26.0 Å². The molecule has 2 amide bonds. The third-order valence-electron chi connectivity index (χ3n) is 1.86. The first-order valence-corrected chi connectivity index (χ1v) is 4.20. The van der Waals surface area contributed by atoms with E-state index in [4.69, 9.17) is 4.74 Å². The largest absolute Gasteiger partial charge is 0.418 e. The molecule has 0 bridgehead atoms. The minimum absolute atomic E-state index is 0.165. The third kappa shape index (κ3) is 2.19. The van der Waals surface area contributed by atoms with Crippen molar-refractivity contribution in [2.75, 3.05) is 47.4 Å². The Morgan fingerprint density at radius 3 is 2.17 bits per heavy atom. The fourth-order valence-corrected chi connectivity index (χ4v) is 1.18. The number of nitrogens with zero attached hydrogens (tertiary/aromatic N) is 2. The minimum Gasteiger partial charge on any atom is -0.378 e. The normalized spacial score (nSPS) is 19.4. The van der Waals surface area contributed by atoms with Crippen LogP contribution in [0.25, 0.3) is 0 Å². The van der Waals surface area contributed by atoms with E-state index in [9.17, 15) is 4.79 Å². The number of morpholine rings is 1. The molecule has 0 aromatic carbocycles. The Kier molecular flexibility index (Phi) is 2.69. The number of carbonyl (C=O) groups is 1. The summed E-state index contributed by atoms with van der Waals surface area (Å²) in [5.74, 6) is 0. The summed E-state index contributed by atoms with van der Waals surface area (Å²) in [6.07, 6.45) is 0. The van der Waals surface area contributed by atoms with E-state index < -0.39 is 0 Å². The topological polar surface area (TPSA) is 29.5 Å². The van der Waals surface area contributed by atoms with E-state index in [0.29, 0.717) is 17.7 Å². The van der Waals surface area contributed by atoms with Crippen LogP contribution in [0.2, 0.25) is 0 Å². The molecule has 0 unspecified atom stereocenters. The summed E-state index contributed by atoms with van der Waals surface area (Å²) in [5, 5.41) is 0. The van der Waals surface area contributed by atoms with Gasteiger partial charge in [-0.3, -0.25) is 4.90 Å². The van der Waals surface area contributed by atoms with Gasteiger partial charge >= 0.3 is 6.03 Å². The van der Waals surface area contributed by atoms with Crippen LogP contribution in [0.3, 0.4) is 0 Å². The zero-order valence-corrected chi connectivity index (χ0v) is 8.04. The highest BCUT2D eigenvalue weighted by Crippen LogP contribution is 2.04. The number of urea groups is 1.